The standard InChI is InChI=1S/C30H40N2O8S/c1-19(2)15-32(41(35,36)23-11-9-22(37-3)10-12-23)16-27(33)26(13-20-7-5-4-6-8-20)31-30(34)40-28-21-14-24-25(28)18-39-29(24)38-17-21/h4-12,19,21,24-29,33H,13-18H2,1-3H3,(H,31,34)/t21?,24?,25-,26+,27-,28+,29+/m1/s1. The summed E-state index contributed by atoms with van der Waals surface area (Å²) in [6.45, 7) is 4.80. The lowest BCUT2D eigenvalue weighted by atomic mass is 9.98. The minimum absolute atomic E-state index is 0.00196. The molecule has 11 heteroatoms. The Hall–Kier alpha value is -2.70. The molecule has 1 amide bonds. The Labute approximate surface area is 242 Å². The Morgan fingerprint density at radius 2 is 1.76 bits per heavy atom. The van der Waals surface area contributed by atoms with Crippen molar-refractivity contribution in [3.8, 4) is 5.75 Å². The largest absolute Gasteiger partial charge is 0.497 e. The van der Waals surface area contributed by atoms with Crippen molar-refractivity contribution in [1.82, 2.24) is 9.62 Å². The SMILES string of the molecule is COc1ccc(S(=O)(=O)N(CC(C)C)C[C@@H](O)[C@H](Cc2ccccc2)NC(=O)O[C@H]2C3CO[C@H]4OC[C@@H]2C4C3)cc1. The van der Waals surface area contributed by atoms with Crippen molar-refractivity contribution in [3.05, 3.63) is 60.2 Å². The molecular formula is C30H40N2O8S. The maximum atomic E-state index is 13.7. The van der Waals surface area contributed by atoms with E-state index in [2.05, 4.69) is 5.32 Å². The second kappa shape index (κ2) is 12.7. The van der Waals surface area contributed by atoms with Gasteiger partial charge in [-0.1, -0.05) is 44.2 Å². The van der Waals surface area contributed by atoms with Gasteiger partial charge in [-0.25, -0.2) is 13.2 Å². The average molecular weight is 589 g/mol. The topological polar surface area (TPSA) is 124 Å². The fourth-order valence-electron chi connectivity index (χ4n) is 6.22. The number of hydrogen-bond donors (Lipinski definition) is 2. The zero-order chi connectivity index (χ0) is 29.1. The van der Waals surface area contributed by atoms with E-state index in [4.69, 9.17) is 18.9 Å². The highest BCUT2D eigenvalue weighted by atomic mass is 32.2. The highest BCUT2D eigenvalue weighted by Crippen LogP contribution is 2.49. The maximum Gasteiger partial charge on any atom is 0.407 e. The van der Waals surface area contributed by atoms with E-state index < -0.39 is 28.3 Å². The number of hydrogen-bond acceptors (Lipinski definition) is 8. The number of sulfonamides is 1. The van der Waals surface area contributed by atoms with Gasteiger partial charge in [0.25, 0.3) is 0 Å². The van der Waals surface area contributed by atoms with E-state index in [1.165, 1.54) is 23.5 Å². The number of methoxy groups -OCH3 is 1. The van der Waals surface area contributed by atoms with Crippen LogP contribution in [0.2, 0.25) is 0 Å². The van der Waals surface area contributed by atoms with Crippen molar-refractivity contribution >= 4 is 16.1 Å². The van der Waals surface area contributed by atoms with E-state index in [1.54, 1.807) is 12.1 Å². The molecule has 41 heavy (non-hydrogen) atoms. The van der Waals surface area contributed by atoms with Gasteiger partial charge in [0.1, 0.15) is 11.9 Å². The van der Waals surface area contributed by atoms with Crippen molar-refractivity contribution in [2.75, 3.05) is 33.4 Å². The van der Waals surface area contributed by atoms with Gasteiger partial charge in [-0.15, -0.1) is 0 Å². The van der Waals surface area contributed by atoms with Crippen molar-refractivity contribution in [2.45, 2.75) is 56.1 Å². The van der Waals surface area contributed by atoms with Crippen molar-refractivity contribution in [2.24, 2.45) is 23.7 Å². The van der Waals surface area contributed by atoms with Crippen molar-refractivity contribution in [1.29, 1.82) is 0 Å². The Kier molecular flexibility index (Phi) is 9.20. The van der Waals surface area contributed by atoms with Gasteiger partial charge >= 0.3 is 6.09 Å². The molecule has 2 N–H and O–H groups in total. The van der Waals surface area contributed by atoms with E-state index in [9.17, 15) is 18.3 Å². The van der Waals surface area contributed by atoms with Crippen molar-refractivity contribution in [3.63, 3.8) is 0 Å². The first-order chi connectivity index (χ1) is 19.7. The molecule has 2 aromatic carbocycles. The first-order valence-corrected chi connectivity index (χ1v) is 15.7. The summed E-state index contributed by atoms with van der Waals surface area (Å²) in [6, 6.07) is 14.8. The molecule has 224 valence electrons. The Bertz CT molecular complexity index is 1270. The number of nitrogens with one attached hydrogen (secondary N) is 1. The fourth-order valence-corrected chi connectivity index (χ4v) is 7.84. The van der Waals surface area contributed by atoms with Gasteiger partial charge in [0.15, 0.2) is 6.29 Å². The minimum Gasteiger partial charge on any atom is -0.497 e. The molecule has 0 radical (unpaired) electrons. The number of aliphatic hydroxyl groups excluding tert-OH is 1. The summed E-state index contributed by atoms with van der Waals surface area (Å²) in [5.41, 5.74) is 0.891. The number of nitrogens with zero attached hydrogens (tertiary/aromatic N) is 1. The first-order valence-electron chi connectivity index (χ1n) is 14.2. The number of fused-ring (bicyclic) bond motifs is 1. The molecule has 3 fully saturated rings. The first kappa shape index (κ1) is 29.8. The maximum absolute atomic E-state index is 13.7. The molecule has 2 aliphatic heterocycles. The van der Waals surface area contributed by atoms with E-state index in [0.29, 0.717) is 25.4 Å². The van der Waals surface area contributed by atoms with Crippen LogP contribution in [0.3, 0.4) is 0 Å². The Morgan fingerprint density at radius 1 is 1.05 bits per heavy atom. The minimum atomic E-state index is -3.94. The van der Waals surface area contributed by atoms with Crippen LogP contribution < -0.4 is 10.1 Å². The van der Waals surface area contributed by atoms with Crippen LogP contribution in [-0.4, -0.2) is 81.9 Å². The summed E-state index contributed by atoms with van der Waals surface area (Å²) >= 11 is 0. The summed E-state index contributed by atoms with van der Waals surface area (Å²) in [5.74, 6) is 0.978. The molecule has 5 rings (SSSR count). The van der Waals surface area contributed by atoms with Crippen LogP contribution in [0.25, 0.3) is 0 Å². The summed E-state index contributed by atoms with van der Waals surface area (Å²) in [5, 5.41) is 14.3. The molecule has 0 aromatic heterocycles. The van der Waals surface area contributed by atoms with Crippen LogP contribution in [0.15, 0.2) is 59.5 Å². The number of benzene rings is 2. The molecular weight excluding hydrogens is 548 g/mol. The van der Waals surface area contributed by atoms with E-state index in [1.807, 2.05) is 44.2 Å². The molecule has 2 bridgehead atoms. The van der Waals surface area contributed by atoms with Gasteiger partial charge in [-0.05, 0) is 48.6 Å². The Balaban J connectivity index is 1.33. The molecule has 10 nitrogen and oxygen atoms in total. The normalized spacial score (nSPS) is 26.6. The lowest BCUT2D eigenvalue weighted by Gasteiger charge is -2.31. The quantitative estimate of drug-likeness (QED) is 0.388. The average Bonchev–Trinajstić information content (AvgIpc) is 3.49. The Morgan fingerprint density at radius 3 is 2.44 bits per heavy atom. The van der Waals surface area contributed by atoms with Crippen molar-refractivity contribution < 1.29 is 37.3 Å². The number of carbonyl (C=O) groups is 1. The van der Waals surface area contributed by atoms with Crippen LogP contribution in [0.5, 0.6) is 5.75 Å². The highest BCUT2D eigenvalue weighted by molar-refractivity contribution is 7.89. The van der Waals surface area contributed by atoms with Gasteiger partial charge in [-0.2, -0.15) is 4.31 Å². The number of amides is 1. The molecule has 0 spiro atoms. The molecule has 1 aliphatic carbocycles. The van der Waals surface area contributed by atoms with Crippen LogP contribution in [0.1, 0.15) is 25.8 Å². The predicted octanol–water partition coefficient (Wildman–Crippen LogP) is 3.05. The summed E-state index contributed by atoms with van der Waals surface area (Å²) in [4.78, 5) is 13.3. The third-order valence-electron chi connectivity index (χ3n) is 8.25. The van der Waals surface area contributed by atoms with Crippen LogP contribution in [-0.2, 0) is 30.7 Å². The van der Waals surface area contributed by atoms with Gasteiger partial charge in [0.05, 0.1) is 37.4 Å². The predicted molar refractivity (Wildman–Crippen MR) is 151 cm³/mol. The van der Waals surface area contributed by atoms with Gasteiger partial charge in [0.2, 0.25) is 10.0 Å². The zero-order valence-corrected chi connectivity index (χ0v) is 24.5. The molecule has 1 saturated carbocycles. The molecule has 2 unspecified atom stereocenters. The summed E-state index contributed by atoms with van der Waals surface area (Å²) in [6.07, 6.45) is -1.20. The van der Waals surface area contributed by atoms with Gasteiger partial charge < -0.3 is 29.4 Å². The van der Waals surface area contributed by atoms with Gasteiger partial charge in [-0.3, -0.25) is 0 Å². The number of aliphatic hydroxyl groups is 1. The van der Waals surface area contributed by atoms with Crippen LogP contribution in [0.4, 0.5) is 4.79 Å². The molecule has 2 heterocycles. The monoisotopic (exact) mass is 588 g/mol. The molecule has 7 atom stereocenters. The third kappa shape index (κ3) is 6.70. The second-order valence-corrected chi connectivity index (χ2v) is 13.6. The smallest absolute Gasteiger partial charge is 0.407 e. The van der Waals surface area contributed by atoms with E-state index >= 15 is 0 Å². The lowest BCUT2D eigenvalue weighted by molar-refractivity contribution is -0.169. The molecule has 3 aliphatic rings. The van der Waals surface area contributed by atoms with Crippen LogP contribution in [0, 0.1) is 23.7 Å². The molecule has 2 aromatic rings. The summed E-state index contributed by atoms with van der Waals surface area (Å²) < 4.78 is 51.2. The van der Waals surface area contributed by atoms with Gasteiger partial charge in [0, 0.05) is 30.8 Å². The number of carbonyl (C=O) groups excluding carboxylic acids is 1. The summed E-state index contributed by atoms with van der Waals surface area (Å²) in [7, 11) is -2.43. The number of alkyl carbamates (subject to hydrolysis) is 1. The third-order valence-corrected chi connectivity index (χ3v) is 10.1. The zero-order valence-electron chi connectivity index (χ0n) is 23.7. The molecule has 2 saturated heterocycles. The van der Waals surface area contributed by atoms with E-state index in [0.717, 1.165) is 12.0 Å². The highest BCUT2D eigenvalue weighted by Gasteiger charge is 2.56. The van der Waals surface area contributed by atoms with Crippen LogP contribution >= 0.6 is 0 Å². The lowest BCUT2D eigenvalue weighted by Crippen LogP contribution is -2.52. The second-order valence-electron chi connectivity index (χ2n) is 11.6. The van der Waals surface area contributed by atoms with E-state index in [-0.39, 0.29) is 54.1 Å². The number of rotatable bonds is 12. The number of ether oxygens (including phenoxy) is 4. The fraction of sp³-hybridized carbons (Fsp3) is 0.567.